The minimum absolute atomic E-state index is 0.0309. The van der Waals surface area contributed by atoms with Crippen molar-refractivity contribution in [3.05, 3.63) is 129 Å². The maximum Gasteiger partial charge on any atom is 0.269 e. The third kappa shape index (κ3) is 4.54. The Balaban J connectivity index is 1.32. The summed E-state index contributed by atoms with van der Waals surface area (Å²) in [5, 5.41) is 10.8. The van der Waals surface area contributed by atoms with Crippen molar-refractivity contribution in [1.82, 2.24) is 0 Å². The van der Waals surface area contributed by atoms with Crippen molar-refractivity contribution in [3.63, 3.8) is 0 Å². The first-order valence-corrected chi connectivity index (χ1v) is 11.1. The molecule has 6 heteroatoms. The lowest BCUT2D eigenvalue weighted by molar-refractivity contribution is -0.384. The first-order valence-electron chi connectivity index (χ1n) is 11.1. The fourth-order valence-corrected chi connectivity index (χ4v) is 3.95. The van der Waals surface area contributed by atoms with Gasteiger partial charge in [0.1, 0.15) is 18.1 Å². The van der Waals surface area contributed by atoms with Crippen LogP contribution in [0.2, 0.25) is 0 Å². The maximum absolute atomic E-state index is 12.9. The number of hydrogen-bond acceptors (Lipinski definition) is 5. The van der Waals surface area contributed by atoms with E-state index >= 15 is 0 Å². The van der Waals surface area contributed by atoms with Gasteiger partial charge in [0, 0.05) is 17.7 Å². The number of nitrogens with zero attached hydrogens (tertiary/aromatic N) is 1. The predicted octanol–water partition coefficient (Wildman–Crippen LogP) is 6.77. The zero-order valence-corrected chi connectivity index (χ0v) is 18.9. The number of carbonyl (C=O) groups is 1. The molecule has 0 spiro atoms. The highest BCUT2D eigenvalue weighted by Gasteiger charge is 2.30. The highest BCUT2D eigenvalue weighted by atomic mass is 16.6. The number of non-ortho nitro benzene ring substituents is 1. The molecule has 4 aromatic carbocycles. The molecule has 0 radical (unpaired) electrons. The van der Waals surface area contributed by atoms with Crippen LogP contribution in [-0.4, -0.2) is 10.7 Å². The first-order chi connectivity index (χ1) is 17.0. The number of allylic oxidation sites excluding steroid dienone is 1. The van der Waals surface area contributed by atoms with E-state index in [0.717, 1.165) is 27.8 Å². The van der Waals surface area contributed by atoms with Gasteiger partial charge in [-0.2, -0.15) is 0 Å². The van der Waals surface area contributed by atoms with Crippen molar-refractivity contribution in [3.8, 4) is 22.6 Å². The summed E-state index contributed by atoms with van der Waals surface area (Å²) in [7, 11) is 0. The molecule has 0 fully saturated rings. The van der Waals surface area contributed by atoms with Gasteiger partial charge < -0.3 is 9.47 Å². The van der Waals surface area contributed by atoms with Gasteiger partial charge in [-0.25, -0.2) is 0 Å². The molecule has 0 unspecified atom stereocenters. The second kappa shape index (κ2) is 9.27. The minimum Gasteiger partial charge on any atom is -0.488 e. The van der Waals surface area contributed by atoms with Crippen LogP contribution in [0.3, 0.4) is 0 Å². The Labute approximate surface area is 202 Å². The highest BCUT2D eigenvalue weighted by Crippen LogP contribution is 2.39. The van der Waals surface area contributed by atoms with Crippen LogP contribution in [0.1, 0.15) is 27.0 Å². The average molecular weight is 463 g/mol. The Morgan fingerprint density at radius 2 is 1.57 bits per heavy atom. The van der Waals surface area contributed by atoms with Crippen LogP contribution in [0, 0.1) is 17.0 Å². The number of fused-ring (bicyclic) bond motifs is 1. The summed E-state index contributed by atoms with van der Waals surface area (Å²) < 4.78 is 11.9. The molecule has 1 heterocycles. The molecular weight excluding hydrogens is 442 g/mol. The van der Waals surface area contributed by atoms with E-state index < -0.39 is 4.92 Å². The molecule has 1 aliphatic rings. The monoisotopic (exact) mass is 463 g/mol. The number of nitro groups is 1. The molecule has 0 amide bonds. The Morgan fingerprint density at radius 3 is 2.26 bits per heavy atom. The smallest absolute Gasteiger partial charge is 0.269 e. The quantitative estimate of drug-likeness (QED) is 0.179. The van der Waals surface area contributed by atoms with Gasteiger partial charge in [0.05, 0.1) is 10.5 Å². The van der Waals surface area contributed by atoms with Crippen molar-refractivity contribution in [1.29, 1.82) is 0 Å². The second-order valence-electron chi connectivity index (χ2n) is 8.21. The Kier molecular flexibility index (Phi) is 5.85. The van der Waals surface area contributed by atoms with E-state index in [2.05, 4.69) is 12.1 Å². The summed E-state index contributed by atoms with van der Waals surface area (Å²) in [5.41, 5.74) is 5.14. The van der Waals surface area contributed by atoms with Gasteiger partial charge in [0.2, 0.25) is 5.78 Å². The zero-order chi connectivity index (χ0) is 24.4. The molecule has 0 saturated heterocycles. The third-order valence-corrected chi connectivity index (χ3v) is 5.89. The summed E-state index contributed by atoms with van der Waals surface area (Å²) in [4.78, 5) is 23.3. The molecule has 172 valence electrons. The maximum atomic E-state index is 12.9. The van der Waals surface area contributed by atoms with E-state index in [1.165, 1.54) is 12.1 Å². The molecule has 0 saturated carbocycles. The molecule has 4 aromatic rings. The molecule has 1 aliphatic heterocycles. The zero-order valence-electron chi connectivity index (χ0n) is 18.9. The van der Waals surface area contributed by atoms with E-state index in [0.29, 0.717) is 17.1 Å². The molecular formula is C29H21NO5. The SMILES string of the molecule is Cc1c(OCc2ccc([N+](=O)[O-])cc2)ccc2c1O/C(=C\c1ccc(-c3ccccc3)cc1)C2=O. The van der Waals surface area contributed by atoms with Gasteiger partial charge in [0.25, 0.3) is 5.69 Å². The molecule has 6 nitrogen and oxygen atoms in total. The van der Waals surface area contributed by atoms with Crippen LogP contribution in [0.4, 0.5) is 5.69 Å². The third-order valence-electron chi connectivity index (χ3n) is 5.89. The minimum atomic E-state index is -0.438. The second-order valence-corrected chi connectivity index (χ2v) is 8.21. The van der Waals surface area contributed by atoms with Crippen LogP contribution in [0.25, 0.3) is 17.2 Å². The van der Waals surface area contributed by atoms with Gasteiger partial charge in [-0.05, 0) is 59.5 Å². The number of hydrogen-bond donors (Lipinski definition) is 0. The molecule has 0 atom stereocenters. The number of Topliss-reactive ketones (excluding diaryl/α,β-unsaturated/α-hetero) is 1. The summed E-state index contributed by atoms with van der Waals surface area (Å²) in [6.45, 7) is 2.08. The Morgan fingerprint density at radius 1 is 0.886 bits per heavy atom. The van der Waals surface area contributed by atoms with E-state index in [-0.39, 0.29) is 23.8 Å². The lowest BCUT2D eigenvalue weighted by atomic mass is 10.0. The van der Waals surface area contributed by atoms with E-state index in [1.54, 1.807) is 30.3 Å². The van der Waals surface area contributed by atoms with Crippen LogP contribution >= 0.6 is 0 Å². The van der Waals surface area contributed by atoms with Gasteiger partial charge in [-0.1, -0.05) is 54.6 Å². The van der Waals surface area contributed by atoms with Gasteiger partial charge in [-0.3, -0.25) is 14.9 Å². The normalized spacial score (nSPS) is 13.4. The van der Waals surface area contributed by atoms with Crippen LogP contribution < -0.4 is 9.47 Å². The predicted molar refractivity (Wildman–Crippen MR) is 133 cm³/mol. The topological polar surface area (TPSA) is 78.7 Å². The number of rotatable bonds is 6. The Hall–Kier alpha value is -4.71. The molecule has 0 aromatic heterocycles. The number of carbonyl (C=O) groups excluding carboxylic acids is 1. The standard InChI is InChI=1S/C29H21NO5/c1-19-26(34-18-21-9-13-24(14-10-21)30(32)33)16-15-25-28(31)27(35-29(19)25)17-20-7-11-23(12-8-20)22-5-3-2-4-6-22/h2-17H,18H2,1H3/b27-17-. The molecule has 0 N–H and O–H groups in total. The summed E-state index contributed by atoms with van der Waals surface area (Å²) >= 11 is 0. The fraction of sp³-hybridized carbons (Fsp3) is 0.0690. The average Bonchev–Trinajstić information content (AvgIpc) is 3.20. The van der Waals surface area contributed by atoms with E-state index in [4.69, 9.17) is 9.47 Å². The lowest BCUT2D eigenvalue weighted by Crippen LogP contribution is -1.99. The van der Waals surface area contributed by atoms with Crippen molar-refractivity contribution in [2.45, 2.75) is 13.5 Å². The van der Waals surface area contributed by atoms with Gasteiger partial charge >= 0.3 is 0 Å². The van der Waals surface area contributed by atoms with Crippen molar-refractivity contribution in [2.75, 3.05) is 0 Å². The van der Waals surface area contributed by atoms with Gasteiger partial charge in [0.15, 0.2) is 5.76 Å². The van der Waals surface area contributed by atoms with E-state index in [9.17, 15) is 14.9 Å². The molecule has 35 heavy (non-hydrogen) atoms. The van der Waals surface area contributed by atoms with Crippen LogP contribution in [-0.2, 0) is 6.61 Å². The summed E-state index contributed by atoms with van der Waals surface area (Å²) in [5.74, 6) is 1.17. The number of benzene rings is 4. The van der Waals surface area contributed by atoms with E-state index in [1.807, 2.05) is 49.4 Å². The molecule has 0 aliphatic carbocycles. The lowest BCUT2D eigenvalue weighted by Gasteiger charge is -2.11. The highest BCUT2D eigenvalue weighted by molar-refractivity contribution is 6.15. The Bertz CT molecular complexity index is 1440. The van der Waals surface area contributed by atoms with Gasteiger partial charge in [-0.15, -0.1) is 0 Å². The molecule has 5 rings (SSSR count). The largest absolute Gasteiger partial charge is 0.488 e. The number of ketones is 1. The first kappa shape index (κ1) is 22.1. The molecule has 0 bridgehead atoms. The summed E-state index contributed by atoms with van der Waals surface area (Å²) in [6, 6.07) is 27.7. The van der Waals surface area contributed by atoms with Crippen LogP contribution in [0.15, 0.2) is 96.8 Å². The summed E-state index contributed by atoms with van der Waals surface area (Å²) in [6.07, 6.45) is 1.74. The van der Waals surface area contributed by atoms with Crippen molar-refractivity contribution >= 4 is 17.5 Å². The van der Waals surface area contributed by atoms with Crippen molar-refractivity contribution in [2.24, 2.45) is 0 Å². The van der Waals surface area contributed by atoms with Crippen molar-refractivity contribution < 1.29 is 19.2 Å². The number of nitro benzene ring substituents is 1. The van der Waals surface area contributed by atoms with Crippen LogP contribution in [0.5, 0.6) is 11.5 Å². The fourth-order valence-electron chi connectivity index (χ4n) is 3.95. The number of ether oxygens (including phenoxy) is 2.